The summed E-state index contributed by atoms with van der Waals surface area (Å²) in [5, 5.41) is 13.4. The first-order valence-corrected chi connectivity index (χ1v) is 6.86. The van der Waals surface area contributed by atoms with Crippen LogP contribution < -0.4 is 5.32 Å². The van der Waals surface area contributed by atoms with E-state index in [1.165, 1.54) is 0 Å². The molecule has 0 aliphatic rings. The Labute approximate surface area is 115 Å². The van der Waals surface area contributed by atoms with Gasteiger partial charge in [0.05, 0.1) is 18.2 Å². The molecule has 4 nitrogen and oxygen atoms in total. The van der Waals surface area contributed by atoms with Crippen molar-refractivity contribution in [3.05, 3.63) is 29.3 Å². The van der Waals surface area contributed by atoms with E-state index in [-0.39, 0.29) is 23.3 Å². The van der Waals surface area contributed by atoms with Crippen molar-refractivity contribution in [2.75, 3.05) is 19.0 Å². The SMILES string of the molecule is COCC(CCBr)NC(=O)c1ccc(C)cc1O. The Morgan fingerprint density at radius 2 is 2.28 bits per heavy atom. The molecule has 0 aliphatic carbocycles. The van der Waals surface area contributed by atoms with Gasteiger partial charge in [-0.3, -0.25) is 4.79 Å². The number of hydrogen-bond acceptors (Lipinski definition) is 3. The number of carbonyl (C=O) groups excluding carboxylic acids is 1. The van der Waals surface area contributed by atoms with Gasteiger partial charge in [-0.05, 0) is 31.0 Å². The van der Waals surface area contributed by atoms with E-state index in [1.807, 2.05) is 6.92 Å². The van der Waals surface area contributed by atoms with Crippen LogP contribution in [0.1, 0.15) is 22.3 Å². The van der Waals surface area contributed by atoms with E-state index in [9.17, 15) is 9.90 Å². The molecule has 0 aliphatic heterocycles. The molecule has 0 radical (unpaired) electrons. The Morgan fingerprint density at radius 3 is 2.83 bits per heavy atom. The molecule has 0 spiro atoms. The number of methoxy groups -OCH3 is 1. The lowest BCUT2D eigenvalue weighted by atomic mass is 10.1. The van der Waals surface area contributed by atoms with Crippen LogP contribution in [-0.2, 0) is 4.74 Å². The van der Waals surface area contributed by atoms with E-state index in [0.29, 0.717) is 6.61 Å². The summed E-state index contributed by atoms with van der Waals surface area (Å²) in [7, 11) is 1.59. The second kappa shape index (κ2) is 7.38. The van der Waals surface area contributed by atoms with Crippen LogP contribution in [0.2, 0.25) is 0 Å². The van der Waals surface area contributed by atoms with Crippen molar-refractivity contribution in [3.63, 3.8) is 0 Å². The first-order valence-electron chi connectivity index (χ1n) is 5.74. The van der Waals surface area contributed by atoms with E-state index in [4.69, 9.17) is 4.74 Å². The number of rotatable bonds is 6. The van der Waals surface area contributed by atoms with Gasteiger partial charge in [0.1, 0.15) is 5.75 Å². The number of hydrogen-bond donors (Lipinski definition) is 2. The first-order chi connectivity index (χ1) is 8.58. The van der Waals surface area contributed by atoms with Gasteiger partial charge < -0.3 is 15.2 Å². The van der Waals surface area contributed by atoms with Crippen LogP contribution in [0.15, 0.2) is 18.2 Å². The van der Waals surface area contributed by atoms with Gasteiger partial charge in [0.15, 0.2) is 0 Å². The fourth-order valence-electron chi connectivity index (χ4n) is 1.63. The lowest BCUT2D eigenvalue weighted by molar-refractivity contribution is 0.0893. The van der Waals surface area contributed by atoms with Crippen LogP contribution in [0.5, 0.6) is 5.75 Å². The summed E-state index contributed by atoms with van der Waals surface area (Å²) in [5.41, 5.74) is 1.20. The number of alkyl halides is 1. The predicted molar refractivity (Wildman–Crippen MR) is 74.4 cm³/mol. The highest BCUT2D eigenvalue weighted by molar-refractivity contribution is 9.09. The van der Waals surface area contributed by atoms with Crippen molar-refractivity contribution in [1.29, 1.82) is 0 Å². The monoisotopic (exact) mass is 315 g/mol. The minimum Gasteiger partial charge on any atom is -0.507 e. The van der Waals surface area contributed by atoms with E-state index in [1.54, 1.807) is 25.3 Å². The molecular formula is C13H18BrNO3. The summed E-state index contributed by atoms with van der Waals surface area (Å²) >= 11 is 3.33. The van der Waals surface area contributed by atoms with E-state index in [0.717, 1.165) is 17.3 Å². The summed E-state index contributed by atoms with van der Waals surface area (Å²) in [6, 6.07) is 4.93. The lowest BCUT2D eigenvalue weighted by Gasteiger charge is -2.17. The zero-order chi connectivity index (χ0) is 13.5. The average molecular weight is 316 g/mol. The van der Waals surface area contributed by atoms with Crippen molar-refractivity contribution < 1.29 is 14.6 Å². The number of halogens is 1. The van der Waals surface area contributed by atoms with Crippen LogP contribution in [-0.4, -0.2) is 36.1 Å². The normalized spacial score (nSPS) is 12.2. The number of carbonyl (C=O) groups is 1. The summed E-state index contributed by atoms with van der Waals surface area (Å²) in [5.74, 6) is -0.280. The summed E-state index contributed by atoms with van der Waals surface area (Å²) in [6.45, 7) is 2.31. The van der Waals surface area contributed by atoms with Crippen LogP contribution in [0.3, 0.4) is 0 Å². The quantitative estimate of drug-likeness (QED) is 0.791. The molecule has 0 saturated carbocycles. The second-order valence-corrected chi connectivity index (χ2v) is 4.92. The Morgan fingerprint density at radius 1 is 1.56 bits per heavy atom. The van der Waals surface area contributed by atoms with Crippen molar-refractivity contribution in [3.8, 4) is 5.75 Å². The van der Waals surface area contributed by atoms with Gasteiger partial charge in [0.25, 0.3) is 5.91 Å². The van der Waals surface area contributed by atoms with Crippen molar-refractivity contribution in [2.24, 2.45) is 0 Å². The number of benzene rings is 1. The first kappa shape index (κ1) is 15.0. The third-order valence-electron chi connectivity index (χ3n) is 2.56. The molecule has 1 unspecified atom stereocenters. The zero-order valence-corrected chi connectivity index (χ0v) is 12.2. The van der Waals surface area contributed by atoms with Crippen LogP contribution in [0.4, 0.5) is 0 Å². The lowest BCUT2D eigenvalue weighted by Crippen LogP contribution is -2.38. The van der Waals surface area contributed by atoms with E-state index >= 15 is 0 Å². The third kappa shape index (κ3) is 4.31. The molecule has 0 bridgehead atoms. The molecule has 1 aromatic carbocycles. The molecule has 0 saturated heterocycles. The zero-order valence-electron chi connectivity index (χ0n) is 10.6. The number of aromatic hydroxyl groups is 1. The number of phenols is 1. The third-order valence-corrected chi connectivity index (χ3v) is 3.02. The largest absolute Gasteiger partial charge is 0.507 e. The van der Waals surface area contributed by atoms with Crippen LogP contribution in [0.25, 0.3) is 0 Å². The summed E-state index contributed by atoms with van der Waals surface area (Å²) < 4.78 is 5.04. The minimum absolute atomic E-state index is 0.00232. The Kier molecular flexibility index (Phi) is 6.15. The maximum atomic E-state index is 12.0. The molecule has 0 aromatic heterocycles. The highest BCUT2D eigenvalue weighted by atomic mass is 79.9. The van der Waals surface area contributed by atoms with Gasteiger partial charge in [0, 0.05) is 12.4 Å². The van der Waals surface area contributed by atoms with Crippen LogP contribution in [0, 0.1) is 6.92 Å². The molecule has 100 valence electrons. The van der Waals surface area contributed by atoms with Gasteiger partial charge >= 0.3 is 0 Å². The molecule has 1 atom stereocenters. The highest BCUT2D eigenvalue weighted by Gasteiger charge is 2.15. The standard InChI is InChI=1S/C13H18BrNO3/c1-9-3-4-11(12(16)7-9)13(17)15-10(5-6-14)8-18-2/h3-4,7,10,16H,5-6,8H2,1-2H3,(H,15,17). The number of ether oxygens (including phenoxy) is 1. The number of aryl methyl sites for hydroxylation is 1. The van der Waals surface area contributed by atoms with E-state index in [2.05, 4.69) is 21.2 Å². The molecule has 2 N–H and O–H groups in total. The number of amides is 1. The Bertz CT molecular complexity index is 403. The van der Waals surface area contributed by atoms with Crippen molar-refractivity contribution in [1.82, 2.24) is 5.32 Å². The van der Waals surface area contributed by atoms with Gasteiger partial charge in [-0.2, -0.15) is 0 Å². The topological polar surface area (TPSA) is 58.6 Å². The van der Waals surface area contributed by atoms with Crippen molar-refractivity contribution in [2.45, 2.75) is 19.4 Å². The Hall–Kier alpha value is -1.07. The maximum Gasteiger partial charge on any atom is 0.255 e. The average Bonchev–Trinajstić information content (AvgIpc) is 2.29. The molecule has 1 rings (SSSR count). The fourth-order valence-corrected chi connectivity index (χ4v) is 2.18. The van der Waals surface area contributed by atoms with Crippen LogP contribution >= 0.6 is 15.9 Å². The van der Waals surface area contributed by atoms with Gasteiger partial charge in [-0.15, -0.1) is 0 Å². The predicted octanol–water partition coefficient (Wildman–Crippen LogP) is 2.23. The molecule has 18 heavy (non-hydrogen) atoms. The molecule has 1 aromatic rings. The second-order valence-electron chi connectivity index (χ2n) is 4.12. The maximum absolute atomic E-state index is 12.0. The van der Waals surface area contributed by atoms with Gasteiger partial charge in [0.2, 0.25) is 0 Å². The summed E-state index contributed by atoms with van der Waals surface area (Å²) in [4.78, 5) is 12.0. The number of nitrogens with one attached hydrogen (secondary N) is 1. The molecule has 0 fully saturated rings. The summed E-state index contributed by atoms with van der Waals surface area (Å²) in [6.07, 6.45) is 0.770. The smallest absolute Gasteiger partial charge is 0.255 e. The highest BCUT2D eigenvalue weighted by Crippen LogP contribution is 2.18. The molecular weight excluding hydrogens is 298 g/mol. The minimum atomic E-state index is -0.282. The van der Waals surface area contributed by atoms with Gasteiger partial charge in [-0.1, -0.05) is 22.0 Å². The Balaban J connectivity index is 2.73. The molecule has 5 heteroatoms. The van der Waals surface area contributed by atoms with Crippen molar-refractivity contribution >= 4 is 21.8 Å². The van der Waals surface area contributed by atoms with E-state index < -0.39 is 0 Å². The molecule has 1 amide bonds. The fraction of sp³-hybridized carbons (Fsp3) is 0.462. The number of phenolic OH excluding ortho intramolecular Hbond substituents is 1. The molecule has 0 heterocycles. The van der Waals surface area contributed by atoms with Gasteiger partial charge in [-0.25, -0.2) is 0 Å².